The number of hydrogen-bond acceptors (Lipinski definition) is 10. The Hall–Kier alpha value is -3.95. The molecule has 4 heterocycles. The number of amides is 2. The number of carbonyl (C=O) groups is 3. The van der Waals surface area contributed by atoms with Crippen LogP contribution in [0.3, 0.4) is 0 Å². The maximum absolute atomic E-state index is 15.1. The van der Waals surface area contributed by atoms with Crippen molar-refractivity contribution in [2.75, 3.05) is 26.2 Å². The largest absolute Gasteiger partial charge is 0.458 e. The van der Waals surface area contributed by atoms with Crippen molar-refractivity contribution in [2.45, 2.75) is 84.1 Å². The minimum absolute atomic E-state index is 0.0267. The van der Waals surface area contributed by atoms with Gasteiger partial charge >= 0.3 is 5.97 Å². The minimum atomic E-state index is -2.02. The number of aliphatic hydroxyl groups is 3. The van der Waals surface area contributed by atoms with Crippen LogP contribution in [0.15, 0.2) is 16.9 Å². The van der Waals surface area contributed by atoms with Gasteiger partial charge in [-0.05, 0) is 50.3 Å². The van der Waals surface area contributed by atoms with Crippen molar-refractivity contribution in [1.29, 1.82) is 0 Å². The van der Waals surface area contributed by atoms with E-state index in [1.807, 2.05) is 0 Å². The lowest BCUT2D eigenvalue weighted by Crippen LogP contribution is -2.47. The number of carbonyl (C=O) groups excluding carboxylic acids is 3. The van der Waals surface area contributed by atoms with Crippen molar-refractivity contribution in [3.8, 4) is 11.4 Å². The molecule has 4 N–H and O–H groups in total. The van der Waals surface area contributed by atoms with Gasteiger partial charge in [-0.15, -0.1) is 0 Å². The number of nitrogens with one attached hydrogen (secondary N) is 1. The summed E-state index contributed by atoms with van der Waals surface area (Å²) in [5.41, 5.74) is 0.571. The van der Waals surface area contributed by atoms with Crippen molar-refractivity contribution in [2.24, 2.45) is 0 Å². The molecule has 0 radical (unpaired) electrons. The first-order valence-corrected chi connectivity index (χ1v) is 16.7. The number of aliphatic hydroxyl groups excluding tert-OH is 2. The number of rotatable bonds is 10. The average Bonchev–Trinajstić information content (AvgIpc) is 3.41. The molecule has 2 unspecified atom stereocenters. The van der Waals surface area contributed by atoms with E-state index in [0.717, 1.165) is 0 Å². The summed E-state index contributed by atoms with van der Waals surface area (Å²) >= 11 is 6.46. The first-order valence-electron chi connectivity index (χ1n) is 16.3. The normalized spacial score (nSPS) is 20.4. The smallest absolute Gasteiger partial charge is 0.343 e. The highest BCUT2D eigenvalue weighted by Gasteiger charge is 2.46. The Morgan fingerprint density at radius 1 is 1.20 bits per heavy atom. The molecule has 0 fully saturated rings. The second-order valence-corrected chi connectivity index (χ2v) is 13.5. The minimum Gasteiger partial charge on any atom is -0.458 e. The van der Waals surface area contributed by atoms with Crippen LogP contribution < -0.4 is 10.9 Å². The van der Waals surface area contributed by atoms with E-state index in [-0.39, 0.29) is 73.3 Å². The number of aromatic nitrogens is 2. The van der Waals surface area contributed by atoms with E-state index in [0.29, 0.717) is 46.3 Å². The quantitative estimate of drug-likeness (QED) is 0.141. The lowest BCUT2D eigenvalue weighted by Gasteiger charge is -2.31. The van der Waals surface area contributed by atoms with Gasteiger partial charge in [-0.2, -0.15) is 0 Å². The van der Waals surface area contributed by atoms with Gasteiger partial charge in [-0.3, -0.25) is 19.3 Å². The van der Waals surface area contributed by atoms with Crippen LogP contribution in [0, 0.1) is 5.82 Å². The molecule has 49 heavy (non-hydrogen) atoms. The van der Waals surface area contributed by atoms with Crippen LogP contribution in [0.25, 0.3) is 22.3 Å². The zero-order valence-electron chi connectivity index (χ0n) is 27.7. The van der Waals surface area contributed by atoms with Crippen LogP contribution in [0.5, 0.6) is 0 Å². The summed E-state index contributed by atoms with van der Waals surface area (Å²) in [5, 5.41) is 34.7. The fraction of sp³-hybridized carbons (Fsp3) is 0.500. The number of aryl methyl sites for hydroxylation is 1. The number of hydrogen-bond donors (Lipinski definition) is 4. The number of ether oxygens (including phenoxy) is 1. The molecular weight excluding hydrogens is 661 g/mol. The predicted molar refractivity (Wildman–Crippen MR) is 176 cm³/mol. The number of cyclic esters (lactones) is 1. The highest BCUT2D eigenvalue weighted by atomic mass is 35.5. The molecule has 4 atom stereocenters. The van der Waals surface area contributed by atoms with E-state index >= 15 is 4.39 Å². The molecular formula is C34H39ClFN5O8. The van der Waals surface area contributed by atoms with Crippen molar-refractivity contribution >= 4 is 40.3 Å². The van der Waals surface area contributed by atoms with Crippen LogP contribution in [-0.4, -0.2) is 91.0 Å². The number of fused-ring (bicyclic) bond motifs is 5. The summed E-state index contributed by atoms with van der Waals surface area (Å²) in [6, 6.07) is 2.17. The van der Waals surface area contributed by atoms with Gasteiger partial charge in [0.25, 0.3) is 5.56 Å². The molecule has 3 aromatic rings. The topological polar surface area (TPSA) is 175 Å². The van der Waals surface area contributed by atoms with E-state index in [2.05, 4.69) is 5.32 Å². The van der Waals surface area contributed by atoms with Gasteiger partial charge < -0.3 is 34.8 Å². The SMILES string of the molecule is CC[C@@]1(O)C(=O)OCc2c1cc1n(c2=O)Cc2c-1nc1cc(F)c(Cl)c3c1c2[C@@H](NC(=O)CN(CCN(CC(C)O)C(C)O)C(C)=O)CC3. The van der Waals surface area contributed by atoms with Crippen LogP contribution in [0.4, 0.5) is 4.39 Å². The standard InChI is InChI=1S/C34H39ClFN5O8/c1-5-34(48)22-10-26-31-20(13-41(26)32(46)21(22)15-49-33(34)47)29-24(7-6-19-28(29)25(38-31)11-23(36)30(19)35)37-27(45)14-40(18(4)44)9-8-39(17(3)43)12-16(2)42/h10-11,16-17,24,42-43,48H,5-9,12-15H2,1-4H3,(H,37,45)/t16?,17?,24-,34-/m0/s1. The van der Waals surface area contributed by atoms with Gasteiger partial charge in [0.1, 0.15) is 18.7 Å². The van der Waals surface area contributed by atoms with E-state index in [9.17, 15) is 34.5 Å². The van der Waals surface area contributed by atoms with Gasteiger partial charge in [-0.25, -0.2) is 14.2 Å². The number of halogens is 2. The number of esters is 1. The number of benzene rings is 1. The molecule has 6 rings (SSSR count). The summed E-state index contributed by atoms with van der Waals surface area (Å²) in [4.78, 5) is 60.3. The first-order chi connectivity index (χ1) is 23.2. The Morgan fingerprint density at radius 3 is 2.59 bits per heavy atom. The molecule has 262 valence electrons. The second kappa shape index (κ2) is 13.1. The molecule has 2 aliphatic heterocycles. The lowest BCUT2D eigenvalue weighted by atomic mass is 9.83. The maximum atomic E-state index is 15.1. The molecule has 2 amide bonds. The van der Waals surface area contributed by atoms with Crippen LogP contribution >= 0.6 is 11.6 Å². The summed E-state index contributed by atoms with van der Waals surface area (Å²) in [6.07, 6.45) is -0.939. The summed E-state index contributed by atoms with van der Waals surface area (Å²) in [6.45, 7) is 6.10. The zero-order valence-corrected chi connectivity index (χ0v) is 28.4. The molecule has 0 bridgehead atoms. The number of nitrogens with zero attached hydrogens (tertiary/aromatic N) is 4. The lowest BCUT2D eigenvalue weighted by molar-refractivity contribution is -0.172. The second-order valence-electron chi connectivity index (χ2n) is 13.1. The molecule has 3 aliphatic rings. The third-order valence-electron chi connectivity index (χ3n) is 9.84. The van der Waals surface area contributed by atoms with Gasteiger partial charge in [0.05, 0.1) is 52.7 Å². The Morgan fingerprint density at radius 2 is 1.94 bits per heavy atom. The molecule has 13 nitrogen and oxygen atoms in total. The molecule has 0 spiro atoms. The molecule has 2 aromatic heterocycles. The van der Waals surface area contributed by atoms with Crippen LogP contribution in [0.1, 0.15) is 74.4 Å². The molecule has 0 saturated heterocycles. The average molecular weight is 700 g/mol. The molecule has 1 aliphatic carbocycles. The monoisotopic (exact) mass is 699 g/mol. The van der Waals surface area contributed by atoms with Gasteiger partial charge in [0.15, 0.2) is 5.60 Å². The molecule has 1 aromatic carbocycles. The highest BCUT2D eigenvalue weighted by molar-refractivity contribution is 6.32. The van der Waals surface area contributed by atoms with Gasteiger partial charge in [0, 0.05) is 49.1 Å². The van der Waals surface area contributed by atoms with E-state index in [1.54, 1.807) is 31.7 Å². The summed E-state index contributed by atoms with van der Waals surface area (Å²) < 4.78 is 21.8. The maximum Gasteiger partial charge on any atom is 0.343 e. The van der Waals surface area contributed by atoms with Crippen molar-refractivity contribution in [3.05, 3.63) is 61.1 Å². The Bertz CT molecular complexity index is 1950. The third kappa shape index (κ3) is 5.99. The highest BCUT2D eigenvalue weighted by Crippen LogP contribution is 2.46. The Kier molecular flexibility index (Phi) is 9.30. The third-order valence-corrected chi connectivity index (χ3v) is 10.2. The van der Waals surface area contributed by atoms with Crippen molar-refractivity contribution in [1.82, 2.24) is 24.7 Å². The predicted octanol–water partition coefficient (Wildman–Crippen LogP) is 1.85. The molecule has 15 heteroatoms. The fourth-order valence-corrected chi connectivity index (χ4v) is 7.52. The Labute approximate surface area is 286 Å². The van der Waals surface area contributed by atoms with E-state index < -0.39 is 47.2 Å². The Balaban J connectivity index is 1.38. The zero-order chi connectivity index (χ0) is 35.5. The van der Waals surface area contributed by atoms with E-state index in [1.165, 1.54) is 22.5 Å². The number of pyridine rings is 2. The first kappa shape index (κ1) is 34.9. The van der Waals surface area contributed by atoms with Crippen LogP contribution in [0.2, 0.25) is 5.02 Å². The fourth-order valence-electron chi connectivity index (χ4n) is 7.28. The summed E-state index contributed by atoms with van der Waals surface area (Å²) in [7, 11) is 0. The van der Waals surface area contributed by atoms with Gasteiger partial charge in [0.2, 0.25) is 11.8 Å². The van der Waals surface area contributed by atoms with Crippen molar-refractivity contribution < 1.29 is 38.8 Å². The van der Waals surface area contributed by atoms with Crippen molar-refractivity contribution in [3.63, 3.8) is 0 Å². The van der Waals surface area contributed by atoms with E-state index in [4.69, 9.17) is 21.3 Å². The summed E-state index contributed by atoms with van der Waals surface area (Å²) in [5.74, 6) is -2.32. The van der Waals surface area contributed by atoms with Crippen LogP contribution in [-0.2, 0) is 44.3 Å². The van der Waals surface area contributed by atoms with Gasteiger partial charge in [-0.1, -0.05) is 18.5 Å². The molecule has 0 saturated carbocycles.